The lowest BCUT2D eigenvalue weighted by Crippen LogP contribution is -2.44. The highest BCUT2D eigenvalue weighted by atomic mass is 16.3. The zero-order valence-electron chi connectivity index (χ0n) is 14.4. The fourth-order valence-corrected chi connectivity index (χ4v) is 3.57. The highest BCUT2D eigenvalue weighted by Gasteiger charge is 2.21. The highest BCUT2D eigenvalue weighted by Crippen LogP contribution is 2.15. The van der Waals surface area contributed by atoms with Gasteiger partial charge in [0.2, 0.25) is 0 Å². The Kier molecular flexibility index (Phi) is 6.10. The van der Waals surface area contributed by atoms with Crippen LogP contribution in [0.1, 0.15) is 37.7 Å². The molecule has 2 fully saturated rings. The lowest BCUT2D eigenvalue weighted by molar-refractivity contribution is 0.0883. The average molecular weight is 331 g/mol. The summed E-state index contributed by atoms with van der Waals surface area (Å²) in [5.41, 5.74) is 2.13. The second-order valence-corrected chi connectivity index (χ2v) is 7.02. The number of β-amino-alcohol motifs (C(OH)–C–C–N with tert-alkyl or cyclic N) is 1. The maximum atomic E-state index is 12.2. The number of piperidine rings is 2. The first-order valence-corrected chi connectivity index (χ1v) is 9.26. The van der Waals surface area contributed by atoms with E-state index in [2.05, 4.69) is 22.3 Å². The number of rotatable bonds is 4. The Bertz CT molecular complexity index is 526. The van der Waals surface area contributed by atoms with E-state index in [-0.39, 0.29) is 12.1 Å². The van der Waals surface area contributed by atoms with Gasteiger partial charge in [0.25, 0.3) is 0 Å². The Balaban J connectivity index is 1.46. The number of nitrogens with zero attached hydrogens (tertiary/aromatic N) is 2. The van der Waals surface area contributed by atoms with Crippen LogP contribution in [0.2, 0.25) is 0 Å². The molecule has 2 aliphatic rings. The normalized spacial score (nSPS) is 22.4. The second-order valence-electron chi connectivity index (χ2n) is 7.02. The largest absolute Gasteiger partial charge is 0.391 e. The molecule has 0 aliphatic carbocycles. The van der Waals surface area contributed by atoms with Crippen molar-refractivity contribution < 1.29 is 9.90 Å². The summed E-state index contributed by atoms with van der Waals surface area (Å²) in [5, 5.41) is 12.6. The van der Waals surface area contributed by atoms with Gasteiger partial charge in [-0.1, -0.05) is 18.6 Å². The Morgan fingerprint density at radius 3 is 2.54 bits per heavy atom. The van der Waals surface area contributed by atoms with E-state index in [0.29, 0.717) is 6.54 Å². The summed E-state index contributed by atoms with van der Waals surface area (Å²) in [6.45, 7) is 4.74. The molecular weight excluding hydrogens is 302 g/mol. The molecular formula is C19H29N3O2. The maximum absolute atomic E-state index is 12.2. The first-order valence-electron chi connectivity index (χ1n) is 9.26. The number of hydrogen-bond donors (Lipinski definition) is 2. The minimum atomic E-state index is -0.387. The van der Waals surface area contributed by atoms with Crippen molar-refractivity contribution in [1.29, 1.82) is 0 Å². The van der Waals surface area contributed by atoms with E-state index in [0.717, 1.165) is 38.0 Å². The number of carbonyl (C=O) groups excluding carboxylic acids is 1. The monoisotopic (exact) mass is 331 g/mol. The van der Waals surface area contributed by atoms with E-state index in [1.807, 2.05) is 12.1 Å². The number of hydrogen-bond acceptors (Lipinski definition) is 3. The van der Waals surface area contributed by atoms with Crippen molar-refractivity contribution in [2.75, 3.05) is 38.0 Å². The third-order valence-corrected chi connectivity index (χ3v) is 5.05. The summed E-state index contributed by atoms with van der Waals surface area (Å²) < 4.78 is 0. The molecule has 1 unspecified atom stereocenters. The van der Waals surface area contributed by atoms with E-state index in [9.17, 15) is 9.90 Å². The van der Waals surface area contributed by atoms with Crippen LogP contribution >= 0.6 is 0 Å². The molecule has 1 aromatic rings. The van der Waals surface area contributed by atoms with Crippen LogP contribution in [0.15, 0.2) is 24.3 Å². The van der Waals surface area contributed by atoms with E-state index >= 15 is 0 Å². The molecule has 5 heteroatoms. The molecule has 2 saturated heterocycles. The number of benzene rings is 1. The quantitative estimate of drug-likeness (QED) is 0.892. The lowest BCUT2D eigenvalue weighted by atomic mass is 10.1. The predicted octanol–water partition coefficient (Wildman–Crippen LogP) is 2.70. The molecule has 24 heavy (non-hydrogen) atoms. The molecule has 2 heterocycles. The minimum Gasteiger partial charge on any atom is -0.391 e. The molecule has 0 bridgehead atoms. The topological polar surface area (TPSA) is 55.8 Å². The van der Waals surface area contributed by atoms with Crippen molar-refractivity contribution in [3.05, 3.63) is 29.8 Å². The molecule has 3 rings (SSSR count). The number of aliphatic hydroxyl groups excluding tert-OH is 1. The molecule has 0 saturated carbocycles. The van der Waals surface area contributed by atoms with E-state index < -0.39 is 0 Å². The van der Waals surface area contributed by atoms with Gasteiger partial charge in [0.1, 0.15) is 0 Å². The zero-order chi connectivity index (χ0) is 16.8. The minimum absolute atomic E-state index is 0.116. The third kappa shape index (κ3) is 4.95. The standard InChI is InChI=1S/C19H29N3O2/c23-18-5-4-13-22(15-18)19(24)20-17-8-6-16(7-9-17)10-14-21-11-2-1-3-12-21/h6-9,18,23H,1-5,10-15H2,(H,20,24). The van der Waals surface area contributed by atoms with Gasteiger partial charge in [-0.3, -0.25) is 0 Å². The summed E-state index contributed by atoms with van der Waals surface area (Å²) in [5.74, 6) is 0. The Morgan fingerprint density at radius 1 is 1.08 bits per heavy atom. The van der Waals surface area contributed by atoms with Crippen LogP contribution in [-0.4, -0.2) is 59.8 Å². The van der Waals surface area contributed by atoms with Crippen molar-refractivity contribution in [2.24, 2.45) is 0 Å². The number of likely N-dealkylation sites (tertiary alicyclic amines) is 2. The van der Waals surface area contributed by atoms with Gasteiger partial charge in [-0.25, -0.2) is 4.79 Å². The average Bonchev–Trinajstić information content (AvgIpc) is 2.62. The fraction of sp³-hybridized carbons (Fsp3) is 0.632. The van der Waals surface area contributed by atoms with Gasteiger partial charge in [0, 0.05) is 25.3 Å². The third-order valence-electron chi connectivity index (χ3n) is 5.05. The van der Waals surface area contributed by atoms with Crippen LogP contribution in [-0.2, 0) is 6.42 Å². The summed E-state index contributed by atoms with van der Waals surface area (Å²) in [6.07, 6.45) is 6.36. The maximum Gasteiger partial charge on any atom is 0.321 e. The van der Waals surface area contributed by atoms with Gasteiger partial charge < -0.3 is 20.2 Å². The van der Waals surface area contributed by atoms with Crippen LogP contribution in [0.4, 0.5) is 10.5 Å². The van der Waals surface area contributed by atoms with Crippen molar-refractivity contribution in [2.45, 2.75) is 44.6 Å². The van der Waals surface area contributed by atoms with Crippen LogP contribution in [0, 0.1) is 0 Å². The van der Waals surface area contributed by atoms with E-state index in [1.165, 1.54) is 37.9 Å². The van der Waals surface area contributed by atoms with E-state index in [1.54, 1.807) is 4.90 Å². The molecule has 0 aromatic heterocycles. The van der Waals surface area contributed by atoms with Gasteiger partial charge in [0.05, 0.1) is 6.10 Å². The molecule has 1 aromatic carbocycles. The Labute approximate surface area is 144 Å². The number of anilines is 1. The fourth-order valence-electron chi connectivity index (χ4n) is 3.57. The number of urea groups is 1. The summed E-state index contributed by atoms with van der Waals surface area (Å²) in [6, 6.07) is 8.04. The molecule has 0 radical (unpaired) electrons. The Hall–Kier alpha value is -1.59. The van der Waals surface area contributed by atoms with Crippen molar-refractivity contribution in [1.82, 2.24) is 9.80 Å². The number of nitrogens with one attached hydrogen (secondary N) is 1. The van der Waals surface area contributed by atoms with Crippen molar-refractivity contribution >= 4 is 11.7 Å². The molecule has 132 valence electrons. The number of aliphatic hydroxyl groups is 1. The Morgan fingerprint density at radius 2 is 1.83 bits per heavy atom. The molecule has 5 nitrogen and oxygen atoms in total. The molecule has 2 amide bonds. The number of amides is 2. The van der Waals surface area contributed by atoms with E-state index in [4.69, 9.17) is 0 Å². The summed E-state index contributed by atoms with van der Waals surface area (Å²) >= 11 is 0. The molecule has 2 aliphatic heterocycles. The first kappa shape index (κ1) is 17.2. The second kappa shape index (κ2) is 8.49. The van der Waals surface area contributed by atoms with Gasteiger partial charge in [-0.2, -0.15) is 0 Å². The molecule has 1 atom stereocenters. The predicted molar refractivity (Wildman–Crippen MR) is 96.3 cm³/mol. The van der Waals surface area contributed by atoms with Gasteiger partial charge >= 0.3 is 6.03 Å². The smallest absolute Gasteiger partial charge is 0.321 e. The van der Waals surface area contributed by atoms with Crippen LogP contribution in [0.5, 0.6) is 0 Å². The van der Waals surface area contributed by atoms with Crippen LogP contribution in [0.3, 0.4) is 0 Å². The summed E-state index contributed by atoms with van der Waals surface area (Å²) in [7, 11) is 0. The molecule has 0 spiro atoms. The zero-order valence-corrected chi connectivity index (χ0v) is 14.4. The first-order chi connectivity index (χ1) is 11.7. The van der Waals surface area contributed by atoms with Crippen molar-refractivity contribution in [3.8, 4) is 0 Å². The van der Waals surface area contributed by atoms with Crippen molar-refractivity contribution in [3.63, 3.8) is 0 Å². The van der Waals surface area contributed by atoms with Crippen LogP contribution in [0.25, 0.3) is 0 Å². The van der Waals surface area contributed by atoms with Gasteiger partial charge in [-0.05, 0) is 62.9 Å². The highest BCUT2D eigenvalue weighted by molar-refractivity contribution is 5.89. The van der Waals surface area contributed by atoms with Gasteiger partial charge in [-0.15, -0.1) is 0 Å². The number of carbonyl (C=O) groups is 1. The lowest BCUT2D eigenvalue weighted by Gasteiger charge is -2.30. The van der Waals surface area contributed by atoms with Crippen LogP contribution < -0.4 is 5.32 Å². The summed E-state index contributed by atoms with van der Waals surface area (Å²) in [4.78, 5) is 16.5. The SMILES string of the molecule is O=C(Nc1ccc(CCN2CCCCC2)cc1)N1CCCC(O)C1. The molecule has 2 N–H and O–H groups in total. The van der Waals surface area contributed by atoms with Gasteiger partial charge in [0.15, 0.2) is 0 Å².